The van der Waals surface area contributed by atoms with Gasteiger partial charge in [0.1, 0.15) is 5.69 Å². The van der Waals surface area contributed by atoms with Crippen LogP contribution in [-0.4, -0.2) is 16.7 Å². The molecule has 0 fully saturated rings. The second-order valence-electron chi connectivity index (χ2n) is 5.67. The molecule has 8 nitrogen and oxygen atoms in total. The summed E-state index contributed by atoms with van der Waals surface area (Å²) in [6.45, 7) is 1.65. The summed E-state index contributed by atoms with van der Waals surface area (Å²) in [6, 6.07) is 8.04. The Bertz CT molecular complexity index is 898. The Morgan fingerprint density at radius 2 is 1.75 bits per heavy atom. The molecule has 2 amide bonds. The molecule has 0 saturated heterocycles. The molecule has 0 aliphatic carbocycles. The van der Waals surface area contributed by atoms with Crippen LogP contribution in [0.25, 0.3) is 0 Å². The van der Waals surface area contributed by atoms with Gasteiger partial charge >= 0.3 is 6.18 Å². The number of rotatable bonds is 6. The highest BCUT2D eigenvalue weighted by Gasteiger charge is 2.33. The molecule has 0 radical (unpaired) electrons. The molecule has 11 heteroatoms. The summed E-state index contributed by atoms with van der Waals surface area (Å²) in [5.74, 6) is -0.857. The quantitative estimate of drug-likeness (QED) is 0.513. The van der Waals surface area contributed by atoms with Gasteiger partial charge in [-0.25, -0.2) is 0 Å². The standard InChI is InChI=1S/C17H15F3N4O4/c1-10(25)21-9-11-2-4-12(5-3-11)16(26)23-22-14-7-6-13(17(18,19)20)8-15(14)24(27)28/h2-8,22H,9H2,1H3,(H,21,25)(H,23,26). The average molecular weight is 396 g/mol. The van der Waals surface area contributed by atoms with E-state index in [0.717, 1.165) is 11.6 Å². The molecule has 0 aromatic heterocycles. The zero-order valence-electron chi connectivity index (χ0n) is 14.5. The number of nitrogens with one attached hydrogen (secondary N) is 3. The highest BCUT2D eigenvalue weighted by atomic mass is 19.4. The van der Waals surface area contributed by atoms with Crippen molar-refractivity contribution in [3.05, 3.63) is 69.3 Å². The number of carbonyl (C=O) groups is 2. The van der Waals surface area contributed by atoms with Crippen molar-refractivity contribution < 1.29 is 27.7 Å². The molecule has 0 aliphatic rings. The summed E-state index contributed by atoms with van der Waals surface area (Å²) < 4.78 is 38.1. The van der Waals surface area contributed by atoms with Crippen molar-refractivity contribution in [3.8, 4) is 0 Å². The predicted octanol–water partition coefficient (Wildman–Crippen LogP) is 3.01. The fourth-order valence-electron chi connectivity index (χ4n) is 2.16. The minimum Gasteiger partial charge on any atom is -0.352 e. The molecule has 28 heavy (non-hydrogen) atoms. The first-order chi connectivity index (χ1) is 13.1. The molecule has 148 valence electrons. The summed E-state index contributed by atoms with van der Waals surface area (Å²) in [5, 5.41) is 13.6. The minimum atomic E-state index is -4.73. The Hall–Kier alpha value is -3.63. The topological polar surface area (TPSA) is 113 Å². The van der Waals surface area contributed by atoms with Crippen molar-refractivity contribution in [2.24, 2.45) is 0 Å². The van der Waals surface area contributed by atoms with Crippen molar-refractivity contribution in [1.82, 2.24) is 10.7 Å². The van der Waals surface area contributed by atoms with Gasteiger partial charge in [-0.15, -0.1) is 0 Å². The summed E-state index contributed by atoms with van der Waals surface area (Å²) >= 11 is 0. The molecular weight excluding hydrogens is 381 g/mol. The molecule has 2 rings (SSSR count). The van der Waals surface area contributed by atoms with Gasteiger partial charge in [0, 0.05) is 25.1 Å². The SMILES string of the molecule is CC(=O)NCc1ccc(C(=O)NNc2ccc(C(F)(F)F)cc2[N+](=O)[O-])cc1. The maximum atomic E-state index is 12.7. The molecule has 0 saturated carbocycles. The Morgan fingerprint density at radius 1 is 1.11 bits per heavy atom. The predicted molar refractivity (Wildman–Crippen MR) is 93.2 cm³/mol. The average Bonchev–Trinajstić information content (AvgIpc) is 2.63. The lowest BCUT2D eigenvalue weighted by Gasteiger charge is -2.11. The molecule has 3 N–H and O–H groups in total. The van der Waals surface area contributed by atoms with E-state index in [4.69, 9.17) is 0 Å². The first kappa shape index (κ1) is 20.7. The Kier molecular flexibility index (Phi) is 6.18. The second-order valence-corrected chi connectivity index (χ2v) is 5.67. The number of alkyl halides is 3. The highest BCUT2D eigenvalue weighted by Crippen LogP contribution is 2.34. The van der Waals surface area contributed by atoms with Crippen LogP contribution in [0, 0.1) is 10.1 Å². The highest BCUT2D eigenvalue weighted by molar-refractivity contribution is 5.95. The maximum absolute atomic E-state index is 12.7. The number of hydrogen-bond donors (Lipinski definition) is 3. The monoisotopic (exact) mass is 396 g/mol. The van der Waals surface area contributed by atoms with Crippen LogP contribution in [0.2, 0.25) is 0 Å². The number of carbonyl (C=O) groups excluding carboxylic acids is 2. The molecule has 2 aromatic rings. The maximum Gasteiger partial charge on any atom is 0.416 e. The van der Waals surface area contributed by atoms with Crippen LogP contribution in [-0.2, 0) is 17.5 Å². The van der Waals surface area contributed by atoms with Crippen LogP contribution in [0.1, 0.15) is 28.4 Å². The van der Waals surface area contributed by atoms with Crippen molar-refractivity contribution in [1.29, 1.82) is 0 Å². The molecule has 0 unspecified atom stereocenters. The van der Waals surface area contributed by atoms with Gasteiger partial charge in [0.15, 0.2) is 0 Å². The normalized spacial score (nSPS) is 10.9. The van der Waals surface area contributed by atoms with Gasteiger partial charge < -0.3 is 5.32 Å². The van der Waals surface area contributed by atoms with Crippen LogP contribution in [0.4, 0.5) is 24.5 Å². The van der Waals surface area contributed by atoms with Gasteiger partial charge in [-0.1, -0.05) is 12.1 Å². The lowest BCUT2D eigenvalue weighted by atomic mass is 10.1. The lowest BCUT2D eigenvalue weighted by molar-refractivity contribution is -0.384. The Labute approximate surface area is 156 Å². The van der Waals surface area contributed by atoms with Crippen LogP contribution >= 0.6 is 0 Å². The largest absolute Gasteiger partial charge is 0.416 e. The first-order valence-electron chi connectivity index (χ1n) is 7.83. The van der Waals surface area contributed by atoms with Crippen molar-refractivity contribution in [2.75, 3.05) is 5.43 Å². The minimum absolute atomic E-state index is 0.202. The Morgan fingerprint density at radius 3 is 2.29 bits per heavy atom. The van der Waals surface area contributed by atoms with Gasteiger partial charge in [-0.3, -0.25) is 30.6 Å². The van der Waals surface area contributed by atoms with E-state index < -0.39 is 28.3 Å². The van der Waals surface area contributed by atoms with Crippen molar-refractivity contribution >= 4 is 23.2 Å². The zero-order chi connectivity index (χ0) is 20.9. The first-order valence-corrected chi connectivity index (χ1v) is 7.83. The number of nitro groups is 1. The van der Waals surface area contributed by atoms with Gasteiger partial charge in [0.25, 0.3) is 11.6 Å². The van der Waals surface area contributed by atoms with E-state index in [2.05, 4.69) is 16.2 Å². The molecule has 0 bridgehead atoms. The number of hydrogen-bond acceptors (Lipinski definition) is 5. The fraction of sp³-hybridized carbons (Fsp3) is 0.176. The summed E-state index contributed by atoms with van der Waals surface area (Å²) in [4.78, 5) is 33.0. The molecule has 0 aliphatic heterocycles. The van der Waals surface area contributed by atoms with E-state index >= 15 is 0 Å². The third kappa shape index (κ3) is 5.43. The number of amides is 2. The van der Waals surface area contributed by atoms with E-state index in [1.807, 2.05) is 0 Å². The Balaban J connectivity index is 2.08. The zero-order valence-corrected chi connectivity index (χ0v) is 14.5. The smallest absolute Gasteiger partial charge is 0.352 e. The number of nitrogens with zero attached hydrogens (tertiary/aromatic N) is 1. The van der Waals surface area contributed by atoms with E-state index in [9.17, 15) is 32.9 Å². The fourth-order valence-corrected chi connectivity index (χ4v) is 2.16. The summed E-state index contributed by atoms with van der Waals surface area (Å²) in [6.07, 6.45) is -4.73. The number of halogens is 3. The number of nitro benzene ring substituents is 1. The van der Waals surface area contributed by atoms with Gasteiger partial charge in [0.2, 0.25) is 5.91 Å². The van der Waals surface area contributed by atoms with E-state index in [-0.39, 0.29) is 23.7 Å². The van der Waals surface area contributed by atoms with Gasteiger partial charge in [-0.05, 0) is 29.8 Å². The summed E-state index contributed by atoms with van der Waals surface area (Å²) in [5.41, 5.74) is 3.10. The van der Waals surface area contributed by atoms with Crippen LogP contribution in [0.3, 0.4) is 0 Å². The molecule has 0 spiro atoms. The van der Waals surface area contributed by atoms with Crippen LogP contribution in [0.5, 0.6) is 0 Å². The van der Waals surface area contributed by atoms with E-state index in [1.165, 1.54) is 19.1 Å². The van der Waals surface area contributed by atoms with Gasteiger partial charge in [0.05, 0.1) is 10.5 Å². The third-order valence-corrected chi connectivity index (χ3v) is 3.59. The third-order valence-electron chi connectivity index (χ3n) is 3.59. The van der Waals surface area contributed by atoms with E-state index in [1.54, 1.807) is 12.1 Å². The lowest BCUT2D eigenvalue weighted by Crippen LogP contribution is -2.29. The number of anilines is 1. The van der Waals surface area contributed by atoms with Crippen LogP contribution < -0.4 is 16.2 Å². The molecule has 0 atom stereocenters. The second kappa shape index (κ2) is 8.37. The van der Waals surface area contributed by atoms with Crippen LogP contribution in [0.15, 0.2) is 42.5 Å². The van der Waals surface area contributed by atoms with Crippen molar-refractivity contribution in [3.63, 3.8) is 0 Å². The molecule has 0 heterocycles. The number of hydrazine groups is 1. The molecular formula is C17H15F3N4O4. The van der Waals surface area contributed by atoms with Crippen molar-refractivity contribution in [2.45, 2.75) is 19.6 Å². The summed E-state index contributed by atoms with van der Waals surface area (Å²) in [7, 11) is 0. The number of benzene rings is 2. The van der Waals surface area contributed by atoms with E-state index in [0.29, 0.717) is 12.1 Å². The van der Waals surface area contributed by atoms with Gasteiger partial charge in [-0.2, -0.15) is 13.2 Å². The molecule has 2 aromatic carbocycles.